The van der Waals surface area contributed by atoms with Crippen LogP contribution in [0.15, 0.2) is 48.5 Å². The first-order chi connectivity index (χ1) is 12.0. The summed E-state index contributed by atoms with van der Waals surface area (Å²) >= 11 is 12.1. The SMILES string of the molecule is CC(NC(=O)Cn1nnc(-c2cccc(Cl)c2)n1)c1ccccc1Cl. The molecular formula is C17H15Cl2N5O. The number of hydrogen-bond acceptors (Lipinski definition) is 4. The highest BCUT2D eigenvalue weighted by molar-refractivity contribution is 6.31. The molecule has 0 spiro atoms. The zero-order valence-electron chi connectivity index (χ0n) is 13.4. The van der Waals surface area contributed by atoms with E-state index in [1.807, 2.05) is 31.2 Å². The molecule has 1 aromatic heterocycles. The van der Waals surface area contributed by atoms with Crippen molar-refractivity contribution in [2.24, 2.45) is 0 Å². The van der Waals surface area contributed by atoms with Gasteiger partial charge in [-0.1, -0.05) is 53.5 Å². The summed E-state index contributed by atoms with van der Waals surface area (Å²) in [5.41, 5.74) is 1.59. The Morgan fingerprint density at radius 2 is 2.00 bits per heavy atom. The van der Waals surface area contributed by atoms with Crippen molar-refractivity contribution in [3.8, 4) is 11.4 Å². The summed E-state index contributed by atoms with van der Waals surface area (Å²) in [6.45, 7) is 1.83. The van der Waals surface area contributed by atoms with Crippen molar-refractivity contribution in [1.82, 2.24) is 25.5 Å². The van der Waals surface area contributed by atoms with Gasteiger partial charge in [0.15, 0.2) is 0 Å². The van der Waals surface area contributed by atoms with Crippen LogP contribution >= 0.6 is 23.2 Å². The highest BCUT2D eigenvalue weighted by Gasteiger charge is 2.14. The Balaban J connectivity index is 1.65. The Labute approximate surface area is 154 Å². The summed E-state index contributed by atoms with van der Waals surface area (Å²) in [5.74, 6) is 0.178. The van der Waals surface area contributed by atoms with Crippen LogP contribution in [-0.4, -0.2) is 26.1 Å². The van der Waals surface area contributed by atoms with E-state index >= 15 is 0 Å². The number of halogens is 2. The van der Waals surface area contributed by atoms with Gasteiger partial charge < -0.3 is 5.32 Å². The lowest BCUT2D eigenvalue weighted by molar-refractivity contribution is -0.122. The number of tetrazole rings is 1. The summed E-state index contributed by atoms with van der Waals surface area (Å²) in [6.07, 6.45) is 0. The molecule has 1 unspecified atom stereocenters. The molecule has 1 heterocycles. The number of amides is 1. The fraction of sp³-hybridized carbons (Fsp3) is 0.176. The van der Waals surface area contributed by atoms with Gasteiger partial charge in [0.2, 0.25) is 11.7 Å². The zero-order valence-corrected chi connectivity index (χ0v) is 14.9. The molecule has 128 valence electrons. The fourth-order valence-electron chi connectivity index (χ4n) is 2.37. The van der Waals surface area contributed by atoms with E-state index in [0.29, 0.717) is 15.9 Å². The third-order valence-electron chi connectivity index (χ3n) is 3.57. The number of carbonyl (C=O) groups is 1. The number of rotatable bonds is 5. The molecule has 6 nitrogen and oxygen atoms in total. The second-order valence-electron chi connectivity index (χ2n) is 5.46. The van der Waals surface area contributed by atoms with Crippen molar-refractivity contribution in [2.75, 3.05) is 0 Å². The first-order valence-corrected chi connectivity index (χ1v) is 8.36. The molecule has 2 aromatic carbocycles. The summed E-state index contributed by atoms with van der Waals surface area (Å²) in [7, 11) is 0. The molecule has 0 radical (unpaired) electrons. The van der Waals surface area contributed by atoms with E-state index in [-0.39, 0.29) is 18.5 Å². The average Bonchev–Trinajstić information content (AvgIpc) is 3.03. The van der Waals surface area contributed by atoms with Gasteiger partial charge in [-0.15, -0.1) is 10.2 Å². The predicted octanol–water partition coefficient (Wildman–Crippen LogP) is 3.52. The normalized spacial score (nSPS) is 12.0. The van der Waals surface area contributed by atoms with Crippen LogP contribution in [0.1, 0.15) is 18.5 Å². The minimum Gasteiger partial charge on any atom is -0.348 e. The summed E-state index contributed by atoms with van der Waals surface area (Å²) in [6, 6.07) is 14.3. The van der Waals surface area contributed by atoms with E-state index in [1.165, 1.54) is 4.80 Å². The summed E-state index contributed by atoms with van der Waals surface area (Å²) in [5, 5.41) is 16.1. The molecule has 1 amide bonds. The maximum Gasteiger partial charge on any atom is 0.244 e. The molecule has 0 bridgehead atoms. The van der Waals surface area contributed by atoms with Gasteiger partial charge in [-0.25, -0.2) is 0 Å². The molecular weight excluding hydrogens is 361 g/mol. The van der Waals surface area contributed by atoms with Crippen LogP contribution in [0.4, 0.5) is 0 Å². The Kier molecular flexibility index (Phi) is 5.31. The van der Waals surface area contributed by atoms with Gasteiger partial charge in [0.1, 0.15) is 6.54 Å². The molecule has 8 heteroatoms. The van der Waals surface area contributed by atoms with Gasteiger partial charge in [-0.05, 0) is 35.9 Å². The molecule has 3 rings (SSSR count). The van der Waals surface area contributed by atoms with Crippen LogP contribution in [0.25, 0.3) is 11.4 Å². The van der Waals surface area contributed by atoms with Crippen LogP contribution in [0, 0.1) is 0 Å². The van der Waals surface area contributed by atoms with Crippen LogP contribution < -0.4 is 5.32 Å². The monoisotopic (exact) mass is 375 g/mol. The highest BCUT2D eigenvalue weighted by Crippen LogP contribution is 2.22. The Morgan fingerprint density at radius 1 is 1.20 bits per heavy atom. The van der Waals surface area contributed by atoms with Gasteiger partial charge in [-0.2, -0.15) is 4.80 Å². The molecule has 1 N–H and O–H groups in total. The predicted molar refractivity (Wildman–Crippen MR) is 96.3 cm³/mol. The van der Waals surface area contributed by atoms with Crippen molar-refractivity contribution in [3.05, 3.63) is 64.1 Å². The second kappa shape index (κ2) is 7.63. The minimum absolute atomic E-state index is 0.0393. The third kappa shape index (κ3) is 4.35. The lowest BCUT2D eigenvalue weighted by Gasteiger charge is -2.15. The van der Waals surface area contributed by atoms with Crippen LogP contribution in [-0.2, 0) is 11.3 Å². The quantitative estimate of drug-likeness (QED) is 0.740. The van der Waals surface area contributed by atoms with Gasteiger partial charge in [0, 0.05) is 15.6 Å². The standard InChI is InChI=1S/C17H15Cl2N5O/c1-11(14-7-2-3-8-15(14)19)20-16(25)10-24-22-17(21-23-24)12-5-4-6-13(18)9-12/h2-9,11H,10H2,1H3,(H,20,25). The molecule has 25 heavy (non-hydrogen) atoms. The number of nitrogens with one attached hydrogen (secondary N) is 1. The first-order valence-electron chi connectivity index (χ1n) is 7.60. The van der Waals surface area contributed by atoms with E-state index in [2.05, 4.69) is 20.7 Å². The lowest BCUT2D eigenvalue weighted by atomic mass is 10.1. The van der Waals surface area contributed by atoms with Crippen molar-refractivity contribution in [1.29, 1.82) is 0 Å². The van der Waals surface area contributed by atoms with E-state index < -0.39 is 0 Å². The van der Waals surface area contributed by atoms with Gasteiger partial charge in [0.05, 0.1) is 6.04 Å². The minimum atomic E-state index is -0.234. The largest absolute Gasteiger partial charge is 0.348 e. The van der Waals surface area contributed by atoms with Crippen LogP contribution in [0.3, 0.4) is 0 Å². The first kappa shape index (κ1) is 17.4. The van der Waals surface area contributed by atoms with Crippen molar-refractivity contribution >= 4 is 29.1 Å². The number of nitrogens with zero attached hydrogens (tertiary/aromatic N) is 4. The number of aromatic nitrogens is 4. The van der Waals surface area contributed by atoms with Crippen molar-refractivity contribution in [3.63, 3.8) is 0 Å². The molecule has 3 aromatic rings. The smallest absolute Gasteiger partial charge is 0.244 e. The van der Waals surface area contributed by atoms with Gasteiger partial charge >= 0.3 is 0 Å². The maximum atomic E-state index is 12.2. The molecule has 0 saturated carbocycles. The Hall–Kier alpha value is -2.44. The summed E-state index contributed by atoms with van der Waals surface area (Å²) < 4.78 is 0. The van der Waals surface area contributed by atoms with E-state index in [9.17, 15) is 4.79 Å². The molecule has 1 atom stereocenters. The van der Waals surface area contributed by atoms with Crippen molar-refractivity contribution in [2.45, 2.75) is 19.5 Å². The van der Waals surface area contributed by atoms with Crippen LogP contribution in [0.5, 0.6) is 0 Å². The maximum absolute atomic E-state index is 12.2. The van der Waals surface area contributed by atoms with Crippen LogP contribution in [0.2, 0.25) is 10.0 Å². The Bertz CT molecular complexity index is 896. The Morgan fingerprint density at radius 3 is 2.76 bits per heavy atom. The molecule has 0 aliphatic heterocycles. The van der Waals surface area contributed by atoms with Gasteiger partial charge in [-0.3, -0.25) is 4.79 Å². The lowest BCUT2D eigenvalue weighted by Crippen LogP contribution is -2.31. The van der Waals surface area contributed by atoms with Crippen molar-refractivity contribution < 1.29 is 4.79 Å². The fourth-order valence-corrected chi connectivity index (χ4v) is 2.86. The van der Waals surface area contributed by atoms with E-state index in [0.717, 1.165) is 11.1 Å². The third-order valence-corrected chi connectivity index (χ3v) is 4.15. The number of benzene rings is 2. The summed E-state index contributed by atoms with van der Waals surface area (Å²) in [4.78, 5) is 13.4. The average molecular weight is 376 g/mol. The number of hydrogen-bond donors (Lipinski definition) is 1. The second-order valence-corrected chi connectivity index (χ2v) is 6.31. The molecule has 0 saturated heterocycles. The highest BCUT2D eigenvalue weighted by atomic mass is 35.5. The zero-order chi connectivity index (χ0) is 17.8. The van der Waals surface area contributed by atoms with E-state index in [4.69, 9.17) is 23.2 Å². The molecule has 0 aliphatic carbocycles. The van der Waals surface area contributed by atoms with Gasteiger partial charge in [0.25, 0.3) is 0 Å². The number of carbonyl (C=O) groups excluding carboxylic acids is 1. The topological polar surface area (TPSA) is 72.7 Å². The molecule has 0 aliphatic rings. The van der Waals surface area contributed by atoms with E-state index in [1.54, 1.807) is 24.3 Å². The molecule has 0 fully saturated rings.